The molecule has 0 atom stereocenters. The number of aryl methyl sites for hydroxylation is 1. The number of nitrogens with one attached hydrogen (secondary N) is 1. The third kappa shape index (κ3) is 2.61. The zero-order valence-corrected chi connectivity index (χ0v) is 11.7. The fourth-order valence-corrected chi connectivity index (χ4v) is 2.68. The summed E-state index contributed by atoms with van der Waals surface area (Å²) in [7, 11) is 0. The predicted octanol–water partition coefficient (Wildman–Crippen LogP) is 2.26. The Morgan fingerprint density at radius 3 is 2.81 bits per heavy atom. The summed E-state index contributed by atoms with van der Waals surface area (Å²) in [5, 5.41) is 11.8. The molecule has 0 bridgehead atoms. The third-order valence-electron chi connectivity index (χ3n) is 3.92. The van der Waals surface area contributed by atoms with Gasteiger partial charge in [0.15, 0.2) is 11.3 Å². The number of hydrogen-bond donors (Lipinski definition) is 2. The van der Waals surface area contributed by atoms with E-state index in [1.54, 1.807) is 12.1 Å². The summed E-state index contributed by atoms with van der Waals surface area (Å²) >= 11 is 0. The number of aliphatic carboxylic acids is 1. The molecule has 2 N–H and O–H groups in total. The second-order valence-electron chi connectivity index (χ2n) is 5.61. The van der Waals surface area contributed by atoms with Crippen molar-refractivity contribution in [2.24, 2.45) is 0 Å². The normalized spacial score (nSPS) is 16.4. The summed E-state index contributed by atoms with van der Waals surface area (Å²) < 4.78 is 5.48. The van der Waals surface area contributed by atoms with Gasteiger partial charge in [0, 0.05) is 11.8 Å². The highest BCUT2D eigenvalue weighted by Gasteiger charge is 2.41. The molecule has 0 radical (unpaired) electrons. The summed E-state index contributed by atoms with van der Waals surface area (Å²) in [5.74, 6) is -1.12. The van der Waals surface area contributed by atoms with Gasteiger partial charge in [-0.1, -0.05) is 0 Å². The molecule has 0 aromatic carbocycles. The first-order chi connectivity index (χ1) is 9.97. The van der Waals surface area contributed by atoms with Gasteiger partial charge in [-0.3, -0.25) is 9.59 Å². The molecule has 21 heavy (non-hydrogen) atoms. The first-order valence-corrected chi connectivity index (χ1v) is 6.89. The lowest BCUT2D eigenvalue weighted by Gasteiger charge is -2.41. The van der Waals surface area contributed by atoms with Crippen LogP contribution >= 0.6 is 0 Å². The van der Waals surface area contributed by atoms with E-state index in [0.29, 0.717) is 23.9 Å². The Morgan fingerprint density at radius 1 is 1.43 bits per heavy atom. The van der Waals surface area contributed by atoms with Crippen LogP contribution in [0, 0.1) is 6.92 Å². The van der Waals surface area contributed by atoms with Gasteiger partial charge in [-0.15, -0.1) is 0 Å². The van der Waals surface area contributed by atoms with Crippen LogP contribution in [0.15, 0.2) is 22.6 Å². The molecule has 3 rings (SSSR count). The van der Waals surface area contributed by atoms with E-state index < -0.39 is 11.5 Å². The largest absolute Gasteiger partial charge is 0.481 e. The molecule has 1 fully saturated rings. The zero-order chi connectivity index (χ0) is 15.0. The van der Waals surface area contributed by atoms with E-state index >= 15 is 0 Å². The second kappa shape index (κ2) is 4.87. The summed E-state index contributed by atoms with van der Waals surface area (Å²) in [6.07, 6.45) is 2.23. The van der Waals surface area contributed by atoms with Gasteiger partial charge in [-0.05, 0) is 38.3 Å². The number of hydrogen-bond acceptors (Lipinski definition) is 4. The van der Waals surface area contributed by atoms with Crippen LogP contribution in [-0.4, -0.2) is 27.5 Å². The molecule has 1 saturated carbocycles. The van der Waals surface area contributed by atoms with Gasteiger partial charge in [0.1, 0.15) is 5.52 Å². The Bertz CT molecular complexity index is 716. The van der Waals surface area contributed by atoms with Crippen molar-refractivity contribution in [3.8, 4) is 0 Å². The molecular weight excluding hydrogens is 272 g/mol. The lowest BCUT2D eigenvalue weighted by Crippen LogP contribution is -2.54. The summed E-state index contributed by atoms with van der Waals surface area (Å²) in [6, 6.07) is 5.17. The molecule has 110 valence electrons. The Labute approximate surface area is 121 Å². The predicted molar refractivity (Wildman–Crippen MR) is 75.0 cm³/mol. The van der Waals surface area contributed by atoms with Crippen LogP contribution in [0.1, 0.15) is 41.9 Å². The Hall–Kier alpha value is -2.37. The maximum atomic E-state index is 12.3. The van der Waals surface area contributed by atoms with E-state index in [1.165, 1.54) is 0 Å². The molecule has 2 aromatic rings. The minimum absolute atomic E-state index is 0.0592. The summed E-state index contributed by atoms with van der Waals surface area (Å²) in [4.78, 5) is 27.5. The number of nitrogens with zero attached hydrogens (tertiary/aromatic N) is 1. The molecule has 0 saturated heterocycles. The van der Waals surface area contributed by atoms with Crippen LogP contribution in [0.2, 0.25) is 0 Å². The van der Waals surface area contributed by atoms with E-state index in [-0.39, 0.29) is 18.1 Å². The number of rotatable bonds is 4. The molecule has 2 aromatic heterocycles. The Kier molecular flexibility index (Phi) is 3.16. The quantitative estimate of drug-likeness (QED) is 0.900. The SMILES string of the molecule is Cc1ccc2oc(C(=O)NC3(CC(=O)O)CCC3)cc2n1. The standard InChI is InChI=1S/C15H16N2O4/c1-9-3-4-11-10(16-9)7-12(21-11)14(20)17-15(5-2-6-15)8-13(18)19/h3-4,7H,2,5-6,8H2,1H3,(H,17,20)(H,18,19). The minimum atomic E-state index is -0.906. The maximum absolute atomic E-state index is 12.3. The smallest absolute Gasteiger partial charge is 0.305 e. The van der Waals surface area contributed by atoms with Crippen LogP contribution in [0.3, 0.4) is 0 Å². The van der Waals surface area contributed by atoms with Crippen molar-refractivity contribution < 1.29 is 19.1 Å². The molecule has 0 spiro atoms. The third-order valence-corrected chi connectivity index (χ3v) is 3.92. The summed E-state index contributed by atoms with van der Waals surface area (Å²) in [5.41, 5.74) is 1.38. The first-order valence-electron chi connectivity index (χ1n) is 6.89. The Balaban J connectivity index is 1.81. The van der Waals surface area contributed by atoms with Gasteiger partial charge < -0.3 is 14.8 Å². The van der Waals surface area contributed by atoms with Gasteiger partial charge in [0.25, 0.3) is 5.91 Å². The molecule has 0 aliphatic heterocycles. The number of carboxylic acid groups (broad SMARTS) is 1. The number of amides is 1. The summed E-state index contributed by atoms with van der Waals surface area (Å²) in [6.45, 7) is 1.86. The number of fused-ring (bicyclic) bond motifs is 1. The van der Waals surface area contributed by atoms with Gasteiger partial charge in [-0.25, -0.2) is 4.98 Å². The molecule has 6 heteroatoms. The van der Waals surface area contributed by atoms with Crippen molar-refractivity contribution in [1.29, 1.82) is 0 Å². The average Bonchev–Trinajstić information content (AvgIpc) is 2.78. The van der Waals surface area contributed by atoms with Crippen LogP contribution < -0.4 is 5.32 Å². The van der Waals surface area contributed by atoms with Crippen molar-refractivity contribution >= 4 is 23.0 Å². The van der Waals surface area contributed by atoms with E-state index in [9.17, 15) is 9.59 Å². The van der Waals surface area contributed by atoms with Crippen molar-refractivity contribution in [3.05, 3.63) is 29.7 Å². The molecule has 1 aliphatic carbocycles. The molecule has 6 nitrogen and oxygen atoms in total. The van der Waals surface area contributed by atoms with Crippen LogP contribution in [0.5, 0.6) is 0 Å². The number of carbonyl (C=O) groups excluding carboxylic acids is 1. The molecular formula is C15H16N2O4. The monoisotopic (exact) mass is 288 g/mol. The number of carboxylic acids is 1. The number of furan rings is 1. The van der Waals surface area contributed by atoms with Gasteiger partial charge in [-0.2, -0.15) is 0 Å². The molecule has 1 amide bonds. The van der Waals surface area contributed by atoms with Gasteiger partial charge in [0.05, 0.1) is 12.0 Å². The molecule has 0 unspecified atom stereocenters. The van der Waals surface area contributed by atoms with E-state index in [4.69, 9.17) is 9.52 Å². The number of aromatic nitrogens is 1. The van der Waals surface area contributed by atoms with Crippen molar-refractivity contribution in [1.82, 2.24) is 10.3 Å². The molecule has 1 aliphatic rings. The van der Waals surface area contributed by atoms with Crippen LogP contribution in [0.4, 0.5) is 0 Å². The van der Waals surface area contributed by atoms with Crippen molar-refractivity contribution in [2.75, 3.05) is 0 Å². The topological polar surface area (TPSA) is 92.4 Å². The van der Waals surface area contributed by atoms with E-state index in [0.717, 1.165) is 12.1 Å². The lowest BCUT2D eigenvalue weighted by molar-refractivity contribution is -0.139. The first kappa shape index (κ1) is 13.6. The maximum Gasteiger partial charge on any atom is 0.305 e. The van der Waals surface area contributed by atoms with Crippen molar-refractivity contribution in [3.63, 3.8) is 0 Å². The molecule has 2 heterocycles. The zero-order valence-electron chi connectivity index (χ0n) is 11.7. The highest BCUT2D eigenvalue weighted by molar-refractivity contribution is 5.96. The van der Waals surface area contributed by atoms with Crippen molar-refractivity contribution in [2.45, 2.75) is 38.1 Å². The minimum Gasteiger partial charge on any atom is -0.481 e. The second-order valence-corrected chi connectivity index (χ2v) is 5.61. The fourth-order valence-electron chi connectivity index (χ4n) is 2.68. The number of carbonyl (C=O) groups is 2. The van der Waals surface area contributed by atoms with Gasteiger partial charge in [0.2, 0.25) is 0 Å². The highest BCUT2D eigenvalue weighted by Crippen LogP contribution is 2.35. The fraction of sp³-hybridized carbons (Fsp3) is 0.400. The number of pyridine rings is 1. The van der Waals surface area contributed by atoms with Crippen LogP contribution in [-0.2, 0) is 4.79 Å². The van der Waals surface area contributed by atoms with E-state index in [2.05, 4.69) is 10.3 Å². The van der Waals surface area contributed by atoms with E-state index in [1.807, 2.05) is 13.0 Å². The average molecular weight is 288 g/mol. The van der Waals surface area contributed by atoms with Crippen LogP contribution in [0.25, 0.3) is 11.1 Å². The lowest BCUT2D eigenvalue weighted by atomic mass is 9.74. The Morgan fingerprint density at radius 2 is 2.19 bits per heavy atom. The highest BCUT2D eigenvalue weighted by atomic mass is 16.4. The van der Waals surface area contributed by atoms with Gasteiger partial charge >= 0.3 is 5.97 Å².